The van der Waals surface area contributed by atoms with Crippen LogP contribution in [0.1, 0.15) is 18.4 Å². The molecule has 1 aromatic carbocycles. The lowest BCUT2D eigenvalue weighted by molar-refractivity contribution is -0.134. The van der Waals surface area contributed by atoms with Gasteiger partial charge in [-0.05, 0) is 50.6 Å². The third kappa shape index (κ3) is 3.64. The number of amides is 1. The van der Waals surface area contributed by atoms with E-state index in [2.05, 4.69) is 5.32 Å². The van der Waals surface area contributed by atoms with Crippen LogP contribution < -0.4 is 10.1 Å². The summed E-state index contributed by atoms with van der Waals surface area (Å²) in [5.41, 5.74) is 0.943. The quantitative estimate of drug-likeness (QED) is 0.906. The first-order valence-corrected chi connectivity index (χ1v) is 7.32. The minimum absolute atomic E-state index is 0.0529. The third-order valence-electron chi connectivity index (χ3n) is 3.63. The number of halogens is 1. The molecule has 1 fully saturated rings. The number of ether oxygens (including phenoxy) is 1. The maximum absolute atomic E-state index is 12.2. The van der Waals surface area contributed by atoms with Gasteiger partial charge in [0.1, 0.15) is 5.75 Å². The predicted molar refractivity (Wildman–Crippen MR) is 80.3 cm³/mol. The van der Waals surface area contributed by atoms with Gasteiger partial charge in [0.2, 0.25) is 0 Å². The van der Waals surface area contributed by atoms with Crippen LogP contribution in [0.3, 0.4) is 0 Å². The standard InChI is InChI=1S/C15H21ClN2O2/c1-11-8-12(16)5-6-14(11)20-10-15(19)18-7-3-4-13(18)9-17-2/h5-6,8,13,17H,3-4,7,9-10H2,1-2H3. The average molecular weight is 297 g/mol. The zero-order chi connectivity index (χ0) is 14.5. The van der Waals surface area contributed by atoms with E-state index in [0.29, 0.717) is 16.8 Å². The first kappa shape index (κ1) is 15.1. The molecule has 1 heterocycles. The van der Waals surface area contributed by atoms with Gasteiger partial charge in [0.25, 0.3) is 5.91 Å². The smallest absolute Gasteiger partial charge is 0.260 e. The zero-order valence-electron chi connectivity index (χ0n) is 12.0. The van der Waals surface area contributed by atoms with Gasteiger partial charge >= 0.3 is 0 Å². The van der Waals surface area contributed by atoms with E-state index < -0.39 is 0 Å². The van der Waals surface area contributed by atoms with E-state index in [0.717, 1.165) is 31.5 Å². The number of aryl methyl sites for hydroxylation is 1. The number of likely N-dealkylation sites (N-methyl/N-ethyl adjacent to an activating group) is 1. The molecule has 1 amide bonds. The van der Waals surface area contributed by atoms with Crippen LogP contribution in [-0.4, -0.2) is 43.6 Å². The van der Waals surface area contributed by atoms with Crippen molar-refractivity contribution in [2.24, 2.45) is 0 Å². The number of likely N-dealkylation sites (tertiary alicyclic amines) is 1. The second-order valence-corrected chi connectivity index (χ2v) is 5.58. The molecule has 5 heteroatoms. The van der Waals surface area contributed by atoms with Gasteiger partial charge in [0.15, 0.2) is 6.61 Å². The van der Waals surface area contributed by atoms with Gasteiger partial charge in [-0.1, -0.05) is 11.6 Å². The summed E-state index contributed by atoms with van der Waals surface area (Å²) in [6.07, 6.45) is 2.13. The van der Waals surface area contributed by atoms with E-state index in [4.69, 9.17) is 16.3 Å². The fourth-order valence-electron chi connectivity index (χ4n) is 2.61. The summed E-state index contributed by atoms with van der Waals surface area (Å²) < 4.78 is 5.62. The molecule has 0 spiro atoms. The van der Waals surface area contributed by atoms with Gasteiger partial charge in [0, 0.05) is 24.2 Å². The second kappa shape index (κ2) is 6.95. The highest BCUT2D eigenvalue weighted by Crippen LogP contribution is 2.22. The van der Waals surface area contributed by atoms with Gasteiger partial charge in [-0.3, -0.25) is 4.79 Å². The Balaban J connectivity index is 1.91. The molecule has 1 aromatic rings. The molecule has 1 atom stereocenters. The summed E-state index contributed by atoms with van der Waals surface area (Å²) in [6.45, 7) is 3.67. The minimum Gasteiger partial charge on any atom is -0.483 e. The van der Waals surface area contributed by atoms with Crippen LogP contribution >= 0.6 is 11.6 Å². The number of rotatable bonds is 5. The zero-order valence-corrected chi connectivity index (χ0v) is 12.7. The van der Waals surface area contributed by atoms with E-state index in [-0.39, 0.29) is 12.5 Å². The van der Waals surface area contributed by atoms with Crippen molar-refractivity contribution >= 4 is 17.5 Å². The normalized spacial score (nSPS) is 18.4. The molecule has 20 heavy (non-hydrogen) atoms. The number of benzene rings is 1. The summed E-state index contributed by atoms with van der Waals surface area (Å²) in [6, 6.07) is 5.71. The summed E-state index contributed by atoms with van der Waals surface area (Å²) in [7, 11) is 1.91. The van der Waals surface area contributed by atoms with E-state index in [9.17, 15) is 4.79 Å². The Morgan fingerprint density at radius 3 is 3.05 bits per heavy atom. The Bertz CT molecular complexity index is 479. The molecule has 1 unspecified atom stereocenters. The molecule has 1 N–H and O–H groups in total. The largest absolute Gasteiger partial charge is 0.483 e. The molecule has 1 aliphatic heterocycles. The maximum atomic E-state index is 12.2. The van der Waals surface area contributed by atoms with Crippen LogP contribution in [-0.2, 0) is 4.79 Å². The Morgan fingerprint density at radius 2 is 2.35 bits per heavy atom. The highest BCUT2D eigenvalue weighted by atomic mass is 35.5. The van der Waals surface area contributed by atoms with E-state index in [1.165, 1.54) is 0 Å². The lowest BCUT2D eigenvalue weighted by Crippen LogP contribution is -2.43. The molecule has 1 aliphatic rings. The molecular weight excluding hydrogens is 276 g/mol. The molecule has 0 saturated carbocycles. The SMILES string of the molecule is CNCC1CCCN1C(=O)COc1ccc(Cl)cc1C. The molecule has 110 valence electrons. The highest BCUT2D eigenvalue weighted by molar-refractivity contribution is 6.30. The predicted octanol–water partition coefficient (Wildman–Crippen LogP) is 2.24. The summed E-state index contributed by atoms with van der Waals surface area (Å²) >= 11 is 5.90. The summed E-state index contributed by atoms with van der Waals surface area (Å²) in [4.78, 5) is 14.1. The molecule has 0 radical (unpaired) electrons. The Morgan fingerprint density at radius 1 is 1.55 bits per heavy atom. The fourth-order valence-corrected chi connectivity index (χ4v) is 2.84. The topological polar surface area (TPSA) is 41.6 Å². The van der Waals surface area contributed by atoms with Crippen molar-refractivity contribution < 1.29 is 9.53 Å². The molecule has 0 aliphatic carbocycles. The first-order valence-electron chi connectivity index (χ1n) is 6.95. The van der Waals surface area contributed by atoms with Crippen molar-refractivity contribution in [3.05, 3.63) is 28.8 Å². The first-order chi connectivity index (χ1) is 9.61. The van der Waals surface area contributed by atoms with Crippen molar-refractivity contribution in [1.29, 1.82) is 0 Å². The van der Waals surface area contributed by atoms with Gasteiger partial charge in [-0.15, -0.1) is 0 Å². The molecule has 0 aromatic heterocycles. The molecule has 2 rings (SSSR count). The number of hydrogen-bond acceptors (Lipinski definition) is 3. The van der Waals surface area contributed by atoms with Crippen LogP contribution in [0.5, 0.6) is 5.75 Å². The molecule has 4 nitrogen and oxygen atoms in total. The Hall–Kier alpha value is -1.26. The number of hydrogen-bond donors (Lipinski definition) is 1. The lowest BCUT2D eigenvalue weighted by Gasteiger charge is -2.24. The van der Waals surface area contributed by atoms with Crippen molar-refractivity contribution in [3.63, 3.8) is 0 Å². The van der Waals surface area contributed by atoms with Crippen molar-refractivity contribution in [1.82, 2.24) is 10.2 Å². The number of nitrogens with zero attached hydrogens (tertiary/aromatic N) is 1. The van der Waals surface area contributed by atoms with Crippen molar-refractivity contribution in [2.75, 3.05) is 26.7 Å². The monoisotopic (exact) mass is 296 g/mol. The van der Waals surface area contributed by atoms with Gasteiger partial charge in [0.05, 0.1) is 0 Å². The van der Waals surface area contributed by atoms with Crippen LogP contribution in [0.25, 0.3) is 0 Å². The van der Waals surface area contributed by atoms with Crippen LogP contribution in [0.4, 0.5) is 0 Å². The lowest BCUT2D eigenvalue weighted by atomic mass is 10.2. The molecule has 0 bridgehead atoms. The van der Waals surface area contributed by atoms with Gasteiger partial charge in [-0.25, -0.2) is 0 Å². The average Bonchev–Trinajstić information content (AvgIpc) is 2.86. The van der Waals surface area contributed by atoms with Crippen molar-refractivity contribution in [3.8, 4) is 5.75 Å². The van der Waals surface area contributed by atoms with Gasteiger partial charge < -0.3 is 15.0 Å². The number of nitrogens with one attached hydrogen (secondary N) is 1. The second-order valence-electron chi connectivity index (χ2n) is 5.14. The van der Waals surface area contributed by atoms with Crippen LogP contribution in [0.15, 0.2) is 18.2 Å². The third-order valence-corrected chi connectivity index (χ3v) is 3.86. The Labute approximate surface area is 125 Å². The van der Waals surface area contributed by atoms with Crippen LogP contribution in [0, 0.1) is 6.92 Å². The molecular formula is C15H21ClN2O2. The number of carbonyl (C=O) groups is 1. The fraction of sp³-hybridized carbons (Fsp3) is 0.533. The van der Waals surface area contributed by atoms with E-state index in [1.54, 1.807) is 12.1 Å². The molecule has 1 saturated heterocycles. The van der Waals surface area contributed by atoms with E-state index >= 15 is 0 Å². The summed E-state index contributed by atoms with van der Waals surface area (Å²) in [5.74, 6) is 0.768. The minimum atomic E-state index is 0.0529. The number of carbonyl (C=O) groups excluding carboxylic acids is 1. The Kier molecular flexibility index (Phi) is 5.26. The van der Waals surface area contributed by atoms with E-state index in [1.807, 2.05) is 24.9 Å². The van der Waals surface area contributed by atoms with Crippen molar-refractivity contribution in [2.45, 2.75) is 25.8 Å². The highest BCUT2D eigenvalue weighted by Gasteiger charge is 2.28. The van der Waals surface area contributed by atoms with Gasteiger partial charge in [-0.2, -0.15) is 0 Å². The maximum Gasteiger partial charge on any atom is 0.260 e. The van der Waals surface area contributed by atoms with Crippen LogP contribution in [0.2, 0.25) is 5.02 Å². The summed E-state index contributed by atoms with van der Waals surface area (Å²) in [5, 5.41) is 3.81.